The van der Waals surface area contributed by atoms with Crippen molar-refractivity contribution >= 4 is 5.91 Å². The second-order valence-electron chi connectivity index (χ2n) is 15.5. The summed E-state index contributed by atoms with van der Waals surface area (Å²) < 4.78 is 11.2. The van der Waals surface area contributed by atoms with Crippen LogP contribution in [0.5, 0.6) is 0 Å². The maximum atomic E-state index is 12.9. The van der Waals surface area contributed by atoms with E-state index in [1.54, 1.807) is 6.08 Å². The molecular weight excluding hydrogens is 670 g/mol. The van der Waals surface area contributed by atoms with Crippen molar-refractivity contribution in [2.24, 2.45) is 0 Å². The van der Waals surface area contributed by atoms with Crippen LogP contribution >= 0.6 is 0 Å². The summed E-state index contributed by atoms with van der Waals surface area (Å²) in [4.78, 5) is 12.9. The monoisotopic (exact) mass is 754 g/mol. The summed E-state index contributed by atoms with van der Waals surface area (Å²) >= 11 is 0. The van der Waals surface area contributed by atoms with Crippen molar-refractivity contribution in [1.29, 1.82) is 0 Å². The summed E-state index contributed by atoms with van der Waals surface area (Å²) in [6.07, 6.45) is 33.5. The summed E-state index contributed by atoms with van der Waals surface area (Å²) in [6, 6.07) is -0.803. The molecule has 0 aromatic carbocycles. The summed E-state index contributed by atoms with van der Waals surface area (Å²) in [6.45, 7) is 3.75. The smallest absolute Gasteiger partial charge is 0.220 e. The van der Waals surface area contributed by atoms with E-state index in [0.717, 1.165) is 44.9 Å². The summed E-state index contributed by atoms with van der Waals surface area (Å²) in [5, 5.41) is 54.1. The highest BCUT2D eigenvalue weighted by Crippen LogP contribution is 2.22. The maximum absolute atomic E-state index is 12.9. The second-order valence-corrected chi connectivity index (χ2v) is 15.5. The Morgan fingerprint density at radius 2 is 1.06 bits per heavy atom. The van der Waals surface area contributed by atoms with E-state index in [1.807, 2.05) is 6.08 Å². The second kappa shape index (κ2) is 35.1. The Bertz CT molecular complexity index is 883. The van der Waals surface area contributed by atoms with Crippen LogP contribution in [0.4, 0.5) is 0 Å². The van der Waals surface area contributed by atoms with E-state index in [-0.39, 0.29) is 12.5 Å². The maximum Gasteiger partial charge on any atom is 0.220 e. The first kappa shape index (κ1) is 49.7. The molecule has 7 atom stereocenters. The SMILES string of the molecule is CCCCCC/C=C\CCCCCCCCCC(=O)NC(COC1OC(CO)C(O)C(O)C1O)C(O)/C=C/CCCCCCCCCCCCCCC. The van der Waals surface area contributed by atoms with E-state index in [1.165, 1.54) is 128 Å². The molecule has 1 aliphatic rings. The van der Waals surface area contributed by atoms with Gasteiger partial charge in [-0.05, 0) is 44.9 Å². The average Bonchev–Trinajstić information content (AvgIpc) is 3.16. The Morgan fingerprint density at radius 1 is 0.623 bits per heavy atom. The summed E-state index contributed by atoms with van der Waals surface area (Å²) in [7, 11) is 0. The minimum atomic E-state index is -1.56. The largest absolute Gasteiger partial charge is 0.394 e. The van der Waals surface area contributed by atoms with Gasteiger partial charge >= 0.3 is 0 Å². The number of aliphatic hydroxyl groups is 5. The van der Waals surface area contributed by atoms with Crippen LogP contribution in [-0.2, 0) is 14.3 Å². The van der Waals surface area contributed by atoms with E-state index in [4.69, 9.17) is 9.47 Å². The first-order valence-electron chi connectivity index (χ1n) is 22.1. The number of carbonyl (C=O) groups excluding carboxylic acids is 1. The first-order chi connectivity index (χ1) is 25.8. The molecular formula is C44H83NO8. The number of unbranched alkanes of at least 4 members (excludes halogenated alkanes) is 24. The van der Waals surface area contributed by atoms with Gasteiger partial charge in [-0.2, -0.15) is 0 Å². The van der Waals surface area contributed by atoms with Crippen molar-refractivity contribution in [3.05, 3.63) is 24.3 Å². The molecule has 1 rings (SSSR count). The lowest BCUT2D eigenvalue weighted by Crippen LogP contribution is -2.60. The van der Waals surface area contributed by atoms with Gasteiger partial charge in [0, 0.05) is 6.42 Å². The topological polar surface area (TPSA) is 149 Å². The summed E-state index contributed by atoms with van der Waals surface area (Å²) in [5.41, 5.74) is 0. The Morgan fingerprint density at radius 3 is 1.55 bits per heavy atom. The highest BCUT2D eigenvalue weighted by atomic mass is 16.7. The van der Waals surface area contributed by atoms with Gasteiger partial charge in [0.1, 0.15) is 24.4 Å². The van der Waals surface area contributed by atoms with Gasteiger partial charge in [0.15, 0.2) is 6.29 Å². The Balaban J connectivity index is 2.39. The summed E-state index contributed by atoms with van der Waals surface area (Å²) in [5.74, 6) is -0.183. The van der Waals surface area contributed by atoms with Gasteiger partial charge in [-0.3, -0.25) is 4.79 Å². The average molecular weight is 754 g/mol. The third-order valence-corrected chi connectivity index (χ3v) is 10.5. The molecule has 6 N–H and O–H groups in total. The van der Waals surface area contributed by atoms with Crippen molar-refractivity contribution in [1.82, 2.24) is 5.32 Å². The number of amides is 1. The molecule has 1 amide bonds. The lowest BCUT2D eigenvalue weighted by atomic mass is 9.99. The molecule has 0 aromatic heterocycles. The van der Waals surface area contributed by atoms with Crippen LogP contribution in [0, 0.1) is 0 Å². The number of carbonyl (C=O) groups is 1. The molecule has 1 fully saturated rings. The zero-order chi connectivity index (χ0) is 38.8. The van der Waals surface area contributed by atoms with Crippen molar-refractivity contribution in [2.45, 2.75) is 236 Å². The van der Waals surface area contributed by atoms with E-state index < -0.39 is 49.5 Å². The quantitative estimate of drug-likeness (QED) is 0.0275. The zero-order valence-electron chi connectivity index (χ0n) is 34.0. The molecule has 1 saturated heterocycles. The van der Waals surface area contributed by atoms with Crippen LogP contribution < -0.4 is 5.32 Å². The van der Waals surface area contributed by atoms with Gasteiger partial charge in [-0.15, -0.1) is 0 Å². The van der Waals surface area contributed by atoms with Gasteiger partial charge in [0.2, 0.25) is 5.91 Å². The van der Waals surface area contributed by atoms with Crippen molar-refractivity contribution in [3.63, 3.8) is 0 Å². The number of aliphatic hydroxyl groups excluding tert-OH is 5. The van der Waals surface area contributed by atoms with E-state index in [0.29, 0.717) is 6.42 Å². The highest BCUT2D eigenvalue weighted by molar-refractivity contribution is 5.76. The van der Waals surface area contributed by atoms with Crippen LogP contribution in [-0.4, -0.2) is 87.5 Å². The molecule has 0 aliphatic carbocycles. The van der Waals surface area contributed by atoms with Crippen molar-refractivity contribution in [3.8, 4) is 0 Å². The number of ether oxygens (including phenoxy) is 2. The van der Waals surface area contributed by atoms with Crippen LogP contribution in [0.15, 0.2) is 24.3 Å². The molecule has 9 heteroatoms. The highest BCUT2D eigenvalue weighted by Gasteiger charge is 2.44. The van der Waals surface area contributed by atoms with E-state index >= 15 is 0 Å². The fourth-order valence-corrected chi connectivity index (χ4v) is 6.91. The Kier molecular flexibility index (Phi) is 32.9. The number of allylic oxidation sites excluding steroid dienone is 3. The van der Waals surface area contributed by atoms with Crippen molar-refractivity contribution < 1.29 is 39.8 Å². The minimum Gasteiger partial charge on any atom is -0.394 e. The number of hydrogen-bond donors (Lipinski definition) is 6. The third kappa shape index (κ3) is 26.2. The third-order valence-electron chi connectivity index (χ3n) is 10.5. The predicted octanol–water partition coefficient (Wildman–Crippen LogP) is 8.72. The molecule has 7 unspecified atom stereocenters. The molecule has 0 radical (unpaired) electrons. The van der Waals surface area contributed by atoms with Crippen LogP contribution in [0.25, 0.3) is 0 Å². The number of nitrogens with one attached hydrogen (secondary N) is 1. The Labute approximate surface area is 324 Å². The predicted molar refractivity (Wildman–Crippen MR) is 217 cm³/mol. The molecule has 0 spiro atoms. The van der Waals surface area contributed by atoms with Gasteiger partial charge in [-0.25, -0.2) is 0 Å². The minimum absolute atomic E-state index is 0.183. The molecule has 0 saturated carbocycles. The van der Waals surface area contributed by atoms with Gasteiger partial charge < -0.3 is 40.3 Å². The van der Waals surface area contributed by atoms with Crippen LogP contribution in [0.2, 0.25) is 0 Å². The molecule has 9 nitrogen and oxygen atoms in total. The molecule has 53 heavy (non-hydrogen) atoms. The lowest BCUT2D eigenvalue weighted by Gasteiger charge is -2.40. The standard InChI is InChI=1S/C44H83NO8/c1-3-5-7-9-11-13-15-17-19-21-23-25-27-29-31-33-38(47)37(36-52-44-43(51)42(50)41(49)39(35-46)53-44)45-40(48)34-32-30-28-26-24-22-20-18-16-14-12-10-8-6-4-2/h14,16,31,33,37-39,41-44,46-47,49-51H,3-13,15,17-30,32,34-36H2,1-2H3,(H,45,48)/b16-14-,33-31+. The van der Waals surface area contributed by atoms with Crippen LogP contribution in [0.3, 0.4) is 0 Å². The fraction of sp³-hybridized carbons (Fsp3) is 0.886. The van der Waals surface area contributed by atoms with Crippen molar-refractivity contribution in [2.75, 3.05) is 13.2 Å². The lowest BCUT2D eigenvalue weighted by molar-refractivity contribution is -0.302. The number of hydrogen-bond acceptors (Lipinski definition) is 8. The van der Waals surface area contributed by atoms with Crippen LogP contribution in [0.1, 0.15) is 194 Å². The molecule has 312 valence electrons. The molecule has 1 aliphatic heterocycles. The normalized spacial score (nSPS) is 21.8. The van der Waals surface area contributed by atoms with Gasteiger partial charge in [-0.1, -0.05) is 167 Å². The van der Waals surface area contributed by atoms with Gasteiger partial charge in [0.25, 0.3) is 0 Å². The Hall–Kier alpha value is -1.33. The molecule has 1 heterocycles. The molecule has 0 aromatic rings. The van der Waals surface area contributed by atoms with E-state index in [2.05, 4.69) is 31.3 Å². The fourth-order valence-electron chi connectivity index (χ4n) is 6.91. The first-order valence-corrected chi connectivity index (χ1v) is 22.1. The zero-order valence-corrected chi connectivity index (χ0v) is 34.0. The van der Waals surface area contributed by atoms with Gasteiger partial charge in [0.05, 0.1) is 25.4 Å². The number of rotatable bonds is 36. The molecule has 0 bridgehead atoms. The van der Waals surface area contributed by atoms with E-state index in [9.17, 15) is 30.3 Å².